The largest absolute Gasteiger partial charge is 0.337 e. The third kappa shape index (κ3) is 3.41. The van der Waals surface area contributed by atoms with Gasteiger partial charge in [-0.15, -0.1) is 16.9 Å². The maximum absolute atomic E-state index is 5.52. The summed E-state index contributed by atoms with van der Waals surface area (Å²) in [5, 5.41) is 13.0. The van der Waals surface area contributed by atoms with E-state index in [-0.39, 0.29) is 0 Å². The molecule has 0 bridgehead atoms. The molecule has 2 aromatic rings. The van der Waals surface area contributed by atoms with Crippen LogP contribution >= 0.6 is 23.5 Å². The zero-order valence-corrected chi connectivity index (χ0v) is 13.4. The van der Waals surface area contributed by atoms with E-state index in [0.29, 0.717) is 29.5 Å². The molecule has 1 saturated heterocycles. The summed E-state index contributed by atoms with van der Waals surface area (Å²) in [5.74, 6) is 3.70. The maximum Gasteiger partial charge on any atom is 0.248 e. The molecule has 0 saturated carbocycles. The molecule has 1 aliphatic heterocycles. The predicted octanol–water partition coefficient (Wildman–Crippen LogP) is 1.47. The molecule has 0 amide bonds. The third-order valence-electron chi connectivity index (χ3n) is 3.28. The average Bonchev–Trinajstić information content (AvgIpc) is 3.17. The van der Waals surface area contributed by atoms with Gasteiger partial charge in [0.15, 0.2) is 5.82 Å². The van der Waals surface area contributed by atoms with Crippen molar-refractivity contribution in [3.8, 4) is 0 Å². The highest BCUT2D eigenvalue weighted by Gasteiger charge is 2.30. The van der Waals surface area contributed by atoms with Crippen LogP contribution in [0.4, 0.5) is 0 Å². The Kier molecular flexibility index (Phi) is 4.81. The number of hydrogen-bond acceptors (Lipinski definition) is 8. The molecule has 2 atom stereocenters. The molecule has 1 aliphatic rings. The van der Waals surface area contributed by atoms with E-state index < -0.39 is 0 Å². The first kappa shape index (κ1) is 14.9. The molecule has 0 radical (unpaired) electrons. The zero-order chi connectivity index (χ0) is 14.7. The first-order valence-electron chi connectivity index (χ1n) is 6.95. The molecule has 3 heterocycles. The lowest BCUT2D eigenvalue weighted by atomic mass is 10.2. The van der Waals surface area contributed by atoms with Gasteiger partial charge in [-0.25, -0.2) is 4.68 Å². The van der Waals surface area contributed by atoms with Crippen LogP contribution in [-0.4, -0.2) is 41.9 Å². The van der Waals surface area contributed by atoms with Gasteiger partial charge in [0.25, 0.3) is 0 Å². The number of hydrogen-bond donors (Lipinski definition) is 1. The second-order valence-electron chi connectivity index (χ2n) is 4.77. The van der Waals surface area contributed by atoms with Crippen molar-refractivity contribution in [2.45, 2.75) is 36.9 Å². The standard InChI is InChI=1S/C12H18N6OS2/c1-2-9-11(21-4-3-20-9)12-14-10(19-16-12)7-18-6-8(5-13)15-17-18/h6,9,11H,2-5,7,13H2,1H3. The molecule has 2 aromatic heterocycles. The van der Waals surface area contributed by atoms with E-state index in [1.807, 2.05) is 23.5 Å². The fraction of sp³-hybridized carbons (Fsp3) is 0.667. The number of rotatable bonds is 5. The van der Waals surface area contributed by atoms with Crippen LogP contribution in [0.5, 0.6) is 0 Å². The number of nitrogens with two attached hydrogens (primary N) is 1. The molecule has 1 fully saturated rings. The summed E-state index contributed by atoms with van der Waals surface area (Å²) in [5.41, 5.74) is 6.27. The van der Waals surface area contributed by atoms with E-state index in [4.69, 9.17) is 10.3 Å². The highest BCUT2D eigenvalue weighted by atomic mass is 32.2. The van der Waals surface area contributed by atoms with Gasteiger partial charge in [-0.3, -0.25) is 0 Å². The quantitative estimate of drug-likeness (QED) is 0.882. The molecular formula is C12H18N6OS2. The summed E-state index contributed by atoms with van der Waals surface area (Å²) in [7, 11) is 0. The van der Waals surface area contributed by atoms with Crippen molar-refractivity contribution >= 4 is 23.5 Å². The minimum absolute atomic E-state index is 0.321. The Hall–Kier alpha value is -1.06. The second-order valence-corrected chi connectivity index (χ2v) is 7.36. The van der Waals surface area contributed by atoms with Crippen molar-refractivity contribution in [1.82, 2.24) is 25.1 Å². The van der Waals surface area contributed by atoms with Crippen molar-refractivity contribution in [3.63, 3.8) is 0 Å². The number of thioether (sulfide) groups is 2. The predicted molar refractivity (Wildman–Crippen MR) is 83.0 cm³/mol. The summed E-state index contributed by atoms with van der Waals surface area (Å²) in [6, 6.07) is 0. The minimum atomic E-state index is 0.321. The lowest BCUT2D eigenvalue weighted by Crippen LogP contribution is -2.19. The molecule has 21 heavy (non-hydrogen) atoms. The van der Waals surface area contributed by atoms with E-state index in [2.05, 4.69) is 27.4 Å². The van der Waals surface area contributed by atoms with Crippen LogP contribution in [0.15, 0.2) is 10.7 Å². The SMILES string of the molecule is CCC1SCCSC1c1noc(Cn2cc(CN)nn2)n1. The summed E-state index contributed by atoms with van der Waals surface area (Å²) in [4.78, 5) is 4.53. The molecular weight excluding hydrogens is 308 g/mol. The smallest absolute Gasteiger partial charge is 0.248 e. The molecule has 9 heteroatoms. The average molecular weight is 326 g/mol. The first-order chi connectivity index (χ1) is 10.3. The monoisotopic (exact) mass is 326 g/mol. The van der Waals surface area contributed by atoms with E-state index in [1.165, 1.54) is 5.75 Å². The normalized spacial score (nSPS) is 22.6. The lowest BCUT2D eigenvalue weighted by Gasteiger charge is -2.27. The second kappa shape index (κ2) is 6.80. The van der Waals surface area contributed by atoms with Crippen molar-refractivity contribution in [1.29, 1.82) is 0 Å². The van der Waals surface area contributed by atoms with Gasteiger partial charge in [0.1, 0.15) is 6.54 Å². The fourth-order valence-corrected chi connectivity index (χ4v) is 5.22. The van der Waals surface area contributed by atoms with Crippen LogP contribution in [-0.2, 0) is 13.1 Å². The Morgan fingerprint density at radius 3 is 3.05 bits per heavy atom. The van der Waals surface area contributed by atoms with Crippen LogP contribution in [0.2, 0.25) is 0 Å². The van der Waals surface area contributed by atoms with Gasteiger partial charge in [0, 0.05) is 23.3 Å². The van der Waals surface area contributed by atoms with Gasteiger partial charge >= 0.3 is 0 Å². The Labute approximate surface area is 131 Å². The summed E-state index contributed by atoms with van der Waals surface area (Å²) in [6.07, 6.45) is 2.92. The van der Waals surface area contributed by atoms with Crippen molar-refractivity contribution in [2.75, 3.05) is 11.5 Å². The summed E-state index contributed by atoms with van der Waals surface area (Å²) >= 11 is 3.92. The molecule has 3 rings (SSSR count). The first-order valence-corrected chi connectivity index (χ1v) is 9.04. The zero-order valence-electron chi connectivity index (χ0n) is 11.8. The van der Waals surface area contributed by atoms with E-state index in [9.17, 15) is 0 Å². The fourth-order valence-electron chi connectivity index (χ4n) is 2.24. The van der Waals surface area contributed by atoms with Crippen molar-refractivity contribution in [2.24, 2.45) is 5.73 Å². The van der Waals surface area contributed by atoms with Gasteiger partial charge in [-0.1, -0.05) is 17.3 Å². The van der Waals surface area contributed by atoms with Crippen molar-refractivity contribution < 1.29 is 4.52 Å². The Morgan fingerprint density at radius 1 is 1.43 bits per heavy atom. The van der Waals surface area contributed by atoms with Gasteiger partial charge < -0.3 is 10.3 Å². The minimum Gasteiger partial charge on any atom is -0.337 e. The van der Waals surface area contributed by atoms with E-state index in [0.717, 1.165) is 23.7 Å². The summed E-state index contributed by atoms with van der Waals surface area (Å²) < 4.78 is 7.02. The van der Waals surface area contributed by atoms with Crippen molar-refractivity contribution in [3.05, 3.63) is 23.6 Å². The molecule has 114 valence electrons. The highest BCUT2D eigenvalue weighted by molar-refractivity contribution is 8.06. The topological polar surface area (TPSA) is 95.7 Å². The van der Waals surface area contributed by atoms with Gasteiger partial charge in [-0.05, 0) is 6.42 Å². The summed E-state index contributed by atoms with van der Waals surface area (Å²) in [6.45, 7) is 3.02. The Morgan fingerprint density at radius 2 is 2.29 bits per heavy atom. The molecule has 2 N–H and O–H groups in total. The van der Waals surface area contributed by atoms with E-state index >= 15 is 0 Å². The molecule has 7 nitrogen and oxygen atoms in total. The molecule has 2 unspecified atom stereocenters. The molecule has 0 aliphatic carbocycles. The molecule has 0 aromatic carbocycles. The number of aromatic nitrogens is 5. The van der Waals surface area contributed by atoms with Gasteiger partial charge in [-0.2, -0.15) is 16.7 Å². The van der Waals surface area contributed by atoms with E-state index in [1.54, 1.807) is 10.9 Å². The van der Waals surface area contributed by atoms with Crippen LogP contribution in [0.25, 0.3) is 0 Å². The van der Waals surface area contributed by atoms with Gasteiger partial charge in [0.2, 0.25) is 5.89 Å². The van der Waals surface area contributed by atoms with Crippen LogP contribution in [0.3, 0.4) is 0 Å². The number of nitrogens with zero attached hydrogens (tertiary/aromatic N) is 5. The van der Waals surface area contributed by atoms with Crippen LogP contribution in [0, 0.1) is 0 Å². The lowest BCUT2D eigenvalue weighted by molar-refractivity contribution is 0.359. The maximum atomic E-state index is 5.52. The third-order valence-corrected chi connectivity index (χ3v) is 6.53. The Balaban J connectivity index is 1.70. The van der Waals surface area contributed by atoms with Crippen LogP contribution in [0.1, 0.15) is 36.0 Å². The molecule has 0 spiro atoms. The van der Waals surface area contributed by atoms with Crippen LogP contribution < -0.4 is 5.73 Å². The Bertz CT molecular complexity index is 586. The highest BCUT2D eigenvalue weighted by Crippen LogP contribution is 2.42. The van der Waals surface area contributed by atoms with Gasteiger partial charge in [0.05, 0.1) is 17.1 Å².